The molecule has 3 aromatic rings. The highest BCUT2D eigenvalue weighted by Crippen LogP contribution is 2.32. The smallest absolute Gasteiger partial charge is 0.279 e. The Morgan fingerprint density at radius 3 is 2.90 bits per heavy atom. The van der Waals surface area contributed by atoms with Gasteiger partial charge in [0, 0.05) is 13.1 Å². The van der Waals surface area contributed by atoms with E-state index in [1.165, 1.54) is 16.9 Å². The highest BCUT2D eigenvalue weighted by Gasteiger charge is 2.27. The fourth-order valence-electron chi connectivity index (χ4n) is 3.43. The summed E-state index contributed by atoms with van der Waals surface area (Å²) in [6.45, 7) is 5.32. The lowest BCUT2D eigenvalue weighted by molar-refractivity contribution is -0.141. The van der Waals surface area contributed by atoms with Gasteiger partial charge >= 0.3 is 0 Å². The molecule has 0 bridgehead atoms. The van der Waals surface area contributed by atoms with Gasteiger partial charge in [0.1, 0.15) is 5.75 Å². The Kier molecular flexibility index (Phi) is 5.80. The molecule has 0 saturated carbocycles. The van der Waals surface area contributed by atoms with Crippen LogP contribution in [0.2, 0.25) is 0 Å². The van der Waals surface area contributed by atoms with E-state index in [2.05, 4.69) is 18.0 Å². The quantitative estimate of drug-likeness (QED) is 0.692. The van der Waals surface area contributed by atoms with E-state index in [9.17, 15) is 9.90 Å². The number of rotatable bonds is 5. The summed E-state index contributed by atoms with van der Waals surface area (Å²) in [5, 5.41) is 9.88. The van der Waals surface area contributed by atoms with Crippen LogP contribution in [0.3, 0.4) is 0 Å². The summed E-state index contributed by atoms with van der Waals surface area (Å²) in [6, 6.07) is 13.7. The maximum absolute atomic E-state index is 12.8. The fraction of sp³-hybridized carbons (Fsp3) is 0.364. The molecule has 0 spiro atoms. The molecule has 2 aromatic carbocycles. The van der Waals surface area contributed by atoms with E-state index in [1.807, 2.05) is 43.3 Å². The Morgan fingerprint density at radius 1 is 1.34 bits per heavy atom. The van der Waals surface area contributed by atoms with Crippen molar-refractivity contribution in [2.75, 3.05) is 26.3 Å². The average molecular weight is 413 g/mol. The molecule has 1 aromatic heterocycles. The third kappa shape index (κ3) is 4.42. The Bertz CT molecular complexity index is 1000. The zero-order valence-corrected chi connectivity index (χ0v) is 17.3. The molecule has 1 amide bonds. The summed E-state index contributed by atoms with van der Waals surface area (Å²) in [6.07, 6.45) is -0.298. The second-order valence-electron chi connectivity index (χ2n) is 7.30. The number of amides is 1. The van der Waals surface area contributed by atoms with E-state index in [0.29, 0.717) is 30.6 Å². The molecule has 4 rings (SSSR count). The van der Waals surface area contributed by atoms with E-state index in [-0.39, 0.29) is 24.5 Å². The standard InChI is InChI=1S/C22H24N2O4S/c1-14-3-8-19-20(11-14)29-22(23-19)28-17-6-4-16(5-7-17)15(2)21(26)24-9-10-27-18(12-24)13-25/h3-8,11,15,18,25H,9-10,12-13H2,1-2H3/t15?,18-/m1/s1. The first kappa shape index (κ1) is 19.8. The molecule has 7 heteroatoms. The van der Waals surface area contributed by atoms with E-state index < -0.39 is 0 Å². The molecular formula is C22H24N2O4S. The lowest BCUT2D eigenvalue weighted by Gasteiger charge is -2.33. The van der Waals surface area contributed by atoms with Crippen LogP contribution < -0.4 is 4.74 Å². The molecule has 0 aliphatic carbocycles. The van der Waals surface area contributed by atoms with E-state index in [1.54, 1.807) is 4.90 Å². The largest absolute Gasteiger partial charge is 0.431 e. The normalized spacial score (nSPS) is 18.0. The van der Waals surface area contributed by atoms with Gasteiger partial charge in [-0.05, 0) is 49.2 Å². The van der Waals surface area contributed by atoms with Crippen LogP contribution >= 0.6 is 11.3 Å². The Balaban J connectivity index is 1.43. The van der Waals surface area contributed by atoms with E-state index in [4.69, 9.17) is 9.47 Å². The zero-order chi connectivity index (χ0) is 20.4. The molecule has 1 N–H and O–H groups in total. The van der Waals surface area contributed by atoms with Gasteiger partial charge in [0.15, 0.2) is 0 Å². The molecule has 6 nitrogen and oxygen atoms in total. The lowest BCUT2D eigenvalue weighted by Crippen LogP contribution is -2.48. The van der Waals surface area contributed by atoms with Gasteiger partial charge in [-0.25, -0.2) is 4.98 Å². The molecule has 152 valence electrons. The van der Waals surface area contributed by atoms with Crippen molar-refractivity contribution in [1.29, 1.82) is 0 Å². The third-order valence-corrected chi connectivity index (χ3v) is 6.03. The van der Waals surface area contributed by atoms with Crippen molar-refractivity contribution in [3.8, 4) is 10.9 Å². The number of aryl methyl sites for hydroxylation is 1. The second kappa shape index (κ2) is 8.49. The van der Waals surface area contributed by atoms with Gasteiger partial charge in [-0.3, -0.25) is 4.79 Å². The van der Waals surface area contributed by atoms with Crippen LogP contribution in [-0.4, -0.2) is 53.3 Å². The van der Waals surface area contributed by atoms with Crippen LogP contribution in [0.4, 0.5) is 0 Å². The van der Waals surface area contributed by atoms with E-state index in [0.717, 1.165) is 15.8 Å². The molecule has 29 heavy (non-hydrogen) atoms. The van der Waals surface area contributed by atoms with Gasteiger partial charge in [0.2, 0.25) is 5.91 Å². The number of thiazole rings is 1. The van der Waals surface area contributed by atoms with Crippen LogP contribution in [0.1, 0.15) is 24.0 Å². The van der Waals surface area contributed by atoms with Gasteiger partial charge in [-0.2, -0.15) is 0 Å². The van der Waals surface area contributed by atoms with Crippen molar-refractivity contribution in [3.05, 3.63) is 53.6 Å². The lowest BCUT2D eigenvalue weighted by atomic mass is 9.99. The summed E-state index contributed by atoms with van der Waals surface area (Å²) in [5.41, 5.74) is 3.05. The number of benzene rings is 2. The van der Waals surface area contributed by atoms with Crippen LogP contribution in [0.15, 0.2) is 42.5 Å². The molecule has 1 unspecified atom stereocenters. The van der Waals surface area contributed by atoms with Crippen LogP contribution in [0.5, 0.6) is 10.9 Å². The summed E-state index contributed by atoms with van der Waals surface area (Å²) in [4.78, 5) is 19.1. The van der Waals surface area contributed by atoms with Gasteiger partial charge in [-0.1, -0.05) is 29.5 Å². The molecule has 1 saturated heterocycles. The molecule has 1 fully saturated rings. The summed E-state index contributed by atoms with van der Waals surface area (Å²) in [7, 11) is 0. The first-order valence-electron chi connectivity index (χ1n) is 9.70. The van der Waals surface area contributed by atoms with Crippen molar-refractivity contribution in [2.24, 2.45) is 0 Å². The van der Waals surface area contributed by atoms with Gasteiger partial charge in [0.05, 0.1) is 35.5 Å². The number of aliphatic hydroxyl groups excluding tert-OH is 1. The minimum Gasteiger partial charge on any atom is -0.431 e. The number of hydrogen-bond acceptors (Lipinski definition) is 6. The van der Waals surface area contributed by atoms with Crippen molar-refractivity contribution in [3.63, 3.8) is 0 Å². The highest BCUT2D eigenvalue weighted by atomic mass is 32.1. The minimum atomic E-state index is -0.298. The number of carbonyl (C=O) groups excluding carboxylic acids is 1. The monoisotopic (exact) mass is 412 g/mol. The number of morpholine rings is 1. The molecule has 1 aliphatic rings. The number of carbonyl (C=O) groups is 1. The number of fused-ring (bicyclic) bond motifs is 1. The number of nitrogens with zero attached hydrogens (tertiary/aromatic N) is 2. The van der Waals surface area contributed by atoms with Crippen LogP contribution in [0.25, 0.3) is 10.2 Å². The number of ether oxygens (including phenoxy) is 2. The van der Waals surface area contributed by atoms with Crippen molar-refractivity contribution in [2.45, 2.75) is 25.9 Å². The van der Waals surface area contributed by atoms with Crippen LogP contribution in [0, 0.1) is 6.92 Å². The molecule has 1 aliphatic heterocycles. The highest BCUT2D eigenvalue weighted by molar-refractivity contribution is 7.20. The summed E-state index contributed by atoms with van der Waals surface area (Å²) < 4.78 is 12.4. The molecular weight excluding hydrogens is 388 g/mol. The average Bonchev–Trinajstić information content (AvgIpc) is 3.14. The topological polar surface area (TPSA) is 71.9 Å². The third-order valence-electron chi connectivity index (χ3n) is 5.13. The summed E-state index contributed by atoms with van der Waals surface area (Å²) >= 11 is 1.52. The molecule has 2 atom stereocenters. The Morgan fingerprint density at radius 2 is 2.14 bits per heavy atom. The SMILES string of the molecule is Cc1ccc2nc(Oc3ccc(C(C)C(=O)N4CCO[C@@H](CO)C4)cc3)sc2c1. The van der Waals surface area contributed by atoms with Gasteiger partial charge < -0.3 is 19.5 Å². The minimum absolute atomic E-state index is 0.0435. The maximum Gasteiger partial charge on any atom is 0.279 e. The van der Waals surface area contributed by atoms with Crippen molar-refractivity contribution < 1.29 is 19.4 Å². The van der Waals surface area contributed by atoms with Gasteiger partial charge in [0.25, 0.3) is 5.19 Å². The van der Waals surface area contributed by atoms with Crippen molar-refractivity contribution in [1.82, 2.24) is 9.88 Å². The second-order valence-corrected chi connectivity index (χ2v) is 8.30. The number of aromatic nitrogens is 1. The van der Waals surface area contributed by atoms with Crippen molar-refractivity contribution >= 4 is 27.5 Å². The summed E-state index contributed by atoms with van der Waals surface area (Å²) in [5.74, 6) is 0.463. The molecule has 2 heterocycles. The Hall–Kier alpha value is -2.48. The number of aliphatic hydroxyl groups is 1. The first-order valence-corrected chi connectivity index (χ1v) is 10.5. The zero-order valence-electron chi connectivity index (χ0n) is 16.5. The van der Waals surface area contributed by atoms with Gasteiger partial charge in [-0.15, -0.1) is 0 Å². The van der Waals surface area contributed by atoms with E-state index >= 15 is 0 Å². The number of hydrogen-bond donors (Lipinski definition) is 1. The maximum atomic E-state index is 12.8. The fourth-order valence-corrected chi connectivity index (χ4v) is 4.36. The van der Waals surface area contributed by atoms with Crippen LogP contribution in [-0.2, 0) is 9.53 Å². The predicted octanol–water partition coefficient (Wildman–Crippen LogP) is 3.72. The molecule has 0 radical (unpaired) electrons. The first-order chi connectivity index (χ1) is 14.0. The predicted molar refractivity (Wildman–Crippen MR) is 113 cm³/mol. The Labute approximate surface area is 173 Å².